The van der Waals surface area contributed by atoms with Crippen LogP contribution in [0.2, 0.25) is 0 Å². The standard InChI is InChI=1S/C51H29N3S/c1-2-11-34-27-35(24-19-30(34)9-1)50-52-49(33-22-20-32(21-23-33)38-16-7-12-31-10-3-4-13-37(31)38)53-51(54-50)36-25-26-41-45-29-44-40-15-6-5-14-39(40)42-17-8-18-43(47(42)44)48(45)55-46(41)28-36/h1-29H. The third-order valence-corrected chi connectivity index (χ3v) is 12.4. The first-order valence-electron chi connectivity index (χ1n) is 18.6. The Morgan fingerprint density at radius 3 is 1.71 bits per heavy atom. The van der Waals surface area contributed by atoms with Crippen LogP contribution in [-0.4, -0.2) is 15.0 Å². The van der Waals surface area contributed by atoms with Gasteiger partial charge in [0.25, 0.3) is 0 Å². The van der Waals surface area contributed by atoms with E-state index in [1.165, 1.54) is 74.9 Å². The molecule has 0 fully saturated rings. The van der Waals surface area contributed by atoms with Crippen LogP contribution in [0.3, 0.4) is 0 Å². The normalized spacial score (nSPS) is 12.0. The number of aromatic nitrogens is 3. The highest BCUT2D eigenvalue weighted by Crippen LogP contribution is 2.52. The Labute approximate surface area is 320 Å². The summed E-state index contributed by atoms with van der Waals surface area (Å²) in [6.07, 6.45) is 0. The first kappa shape index (κ1) is 30.5. The third kappa shape index (κ3) is 4.72. The number of benzene rings is 9. The number of hydrogen-bond donors (Lipinski definition) is 0. The van der Waals surface area contributed by atoms with Gasteiger partial charge in [0, 0.05) is 42.2 Å². The molecule has 0 N–H and O–H groups in total. The maximum absolute atomic E-state index is 5.17. The van der Waals surface area contributed by atoms with Crippen LogP contribution < -0.4 is 0 Å². The summed E-state index contributed by atoms with van der Waals surface area (Å²) < 4.78 is 2.54. The average molecular weight is 716 g/mol. The predicted molar refractivity (Wildman–Crippen MR) is 231 cm³/mol. The molecule has 1 aliphatic carbocycles. The van der Waals surface area contributed by atoms with E-state index in [1.807, 2.05) is 11.3 Å². The van der Waals surface area contributed by atoms with Gasteiger partial charge in [0.15, 0.2) is 17.5 Å². The minimum absolute atomic E-state index is 0.651. The van der Waals surface area contributed by atoms with Gasteiger partial charge in [-0.2, -0.15) is 0 Å². The van der Waals surface area contributed by atoms with Crippen molar-refractivity contribution in [3.8, 4) is 67.5 Å². The summed E-state index contributed by atoms with van der Waals surface area (Å²) >= 11 is 1.86. The second kappa shape index (κ2) is 11.7. The van der Waals surface area contributed by atoms with Gasteiger partial charge in [0.2, 0.25) is 0 Å². The van der Waals surface area contributed by atoms with Crippen molar-refractivity contribution in [3.63, 3.8) is 0 Å². The molecule has 254 valence electrons. The average Bonchev–Trinajstić information content (AvgIpc) is 3.79. The van der Waals surface area contributed by atoms with Crippen molar-refractivity contribution in [1.82, 2.24) is 15.0 Å². The van der Waals surface area contributed by atoms with Crippen molar-refractivity contribution in [2.75, 3.05) is 0 Å². The number of thiophene rings is 1. The van der Waals surface area contributed by atoms with Crippen LogP contribution in [-0.2, 0) is 0 Å². The molecule has 4 heteroatoms. The molecule has 9 aromatic carbocycles. The van der Waals surface area contributed by atoms with Crippen molar-refractivity contribution in [2.45, 2.75) is 0 Å². The maximum atomic E-state index is 5.17. The highest BCUT2D eigenvalue weighted by molar-refractivity contribution is 7.26. The van der Waals surface area contributed by atoms with Gasteiger partial charge in [-0.15, -0.1) is 11.3 Å². The lowest BCUT2D eigenvalue weighted by atomic mass is 9.97. The molecule has 12 rings (SSSR count). The first-order valence-corrected chi connectivity index (χ1v) is 19.4. The highest BCUT2D eigenvalue weighted by atomic mass is 32.1. The molecule has 3 nitrogen and oxygen atoms in total. The molecular formula is C51H29N3S. The second-order valence-corrected chi connectivity index (χ2v) is 15.4. The molecule has 55 heavy (non-hydrogen) atoms. The van der Waals surface area contributed by atoms with E-state index in [-0.39, 0.29) is 0 Å². The molecular weight excluding hydrogens is 687 g/mol. The lowest BCUT2D eigenvalue weighted by Gasteiger charge is -2.11. The monoisotopic (exact) mass is 715 g/mol. The quantitative estimate of drug-likeness (QED) is 0.182. The fraction of sp³-hybridized carbons (Fsp3) is 0. The van der Waals surface area contributed by atoms with E-state index in [9.17, 15) is 0 Å². The molecule has 2 aromatic heterocycles. The van der Waals surface area contributed by atoms with E-state index >= 15 is 0 Å². The molecule has 11 aromatic rings. The Morgan fingerprint density at radius 2 is 0.873 bits per heavy atom. The van der Waals surface area contributed by atoms with Crippen LogP contribution in [0.5, 0.6) is 0 Å². The van der Waals surface area contributed by atoms with Crippen molar-refractivity contribution in [2.24, 2.45) is 0 Å². The van der Waals surface area contributed by atoms with Crippen LogP contribution >= 0.6 is 11.3 Å². The van der Waals surface area contributed by atoms with Gasteiger partial charge in [0.05, 0.1) is 0 Å². The van der Waals surface area contributed by atoms with Gasteiger partial charge in [-0.05, 0) is 78.5 Å². The molecule has 0 saturated heterocycles. The molecule has 0 bridgehead atoms. The minimum Gasteiger partial charge on any atom is -0.208 e. The van der Waals surface area contributed by atoms with E-state index in [2.05, 4.69) is 176 Å². The molecule has 0 spiro atoms. The van der Waals surface area contributed by atoms with Crippen molar-refractivity contribution in [3.05, 3.63) is 176 Å². The van der Waals surface area contributed by atoms with Crippen LogP contribution in [0, 0.1) is 0 Å². The fourth-order valence-electron chi connectivity index (χ4n) is 8.60. The van der Waals surface area contributed by atoms with Gasteiger partial charge in [-0.1, -0.05) is 158 Å². The van der Waals surface area contributed by atoms with Gasteiger partial charge in [-0.25, -0.2) is 15.0 Å². The summed E-state index contributed by atoms with van der Waals surface area (Å²) in [5.41, 5.74) is 10.5. The Morgan fingerprint density at radius 1 is 0.309 bits per heavy atom. The molecule has 0 amide bonds. The molecule has 0 saturated carbocycles. The number of fused-ring (bicyclic) bond motifs is 9. The van der Waals surface area contributed by atoms with Gasteiger partial charge in [-0.3, -0.25) is 0 Å². The predicted octanol–water partition coefficient (Wildman–Crippen LogP) is 14.0. The smallest absolute Gasteiger partial charge is 0.164 e. The molecule has 0 radical (unpaired) electrons. The Hall–Kier alpha value is -7.01. The van der Waals surface area contributed by atoms with Gasteiger partial charge >= 0.3 is 0 Å². The van der Waals surface area contributed by atoms with Crippen LogP contribution in [0.25, 0.3) is 120 Å². The van der Waals surface area contributed by atoms with Gasteiger partial charge < -0.3 is 0 Å². The summed E-state index contributed by atoms with van der Waals surface area (Å²) in [6.45, 7) is 0. The Kier molecular flexibility index (Phi) is 6.50. The zero-order valence-electron chi connectivity index (χ0n) is 29.5. The van der Waals surface area contributed by atoms with Crippen molar-refractivity contribution in [1.29, 1.82) is 0 Å². The maximum Gasteiger partial charge on any atom is 0.164 e. The van der Waals surface area contributed by atoms with Crippen molar-refractivity contribution < 1.29 is 0 Å². The topological polar surface area (TPSA) is 38.7 Å². The van der Waals surface area contributed by atoms with Gasteiger partial charge in [0.1, 0.15) is 0 Å². The van der Waals surface area contributed by atoms with E-state index < -0.39 is 0 Å². The Bertz CT molecular complexity index is 3370. The van der Waals surface area contributed by atoms with Crippen LogP contribution in [0.1, 0.15) is 0 Å². The van der Waals surface area contributed by atoms with Crippen molar-refractivity contribution >= 4 is 63.8 Å². The molecule has 1 aliphatic rings. The number of nitrogens with zero attached hydrogens (tertiary/aromatic N) is 3. The van der Waals surface area contributed by atoms with E-state index in [0.29, 0.717) is 17.5 Å². The highest BCUT2D eigenvalue weighted by Gasteiger charge is 2.24. The summed E-state index contributed by atoms with van der Waals surface area (Å²) in [4.78, 5) is 15.4. The number of rotatable bonds is 4. The minimum atomic E-state index is 0.651. The number of hydrogen-bond acceptors (Lipinski definition) is 4. The van der Waals surface area contributed by atoms with Crippen LogP contribution in [0.4, 0.5) is 0 Å². The molecule has 2 heterocycles. The second-order valence-electron chi connectivity index (χ2n) is 14.4. The molecule has 0 aliphatic heterocycles. The summed E-state index contributed by atoms with van der Waals surface area (Å²) in [7, 11) is 0. The lowest BCUT2D eigenvalue weighted by Crippen LogP contribution is -2.00. The van der Waals surface area contributed by atoms with E-state index in [0.717, 1.165) is 27.6 Å². The zero-order valence-corrected chi connectivity index (χ0v) is 30.3. The zero-order chi connectivity index (χ0) is 36.0. The largest absolute Gasteiger partial charge is 0.208 e. The first-order chi connectivity index (χ1) is 27.2. The fourth-order valence-corrected chi connectivity index (χ4v) is 9.86. The Balaban J connectivity index is 1.02. The summed E-state index contributed by atoms with van der Waals surface area (Å²) in [5.74, 6) is 1.97. The summed E-state index contributed by atoms with van der Waals surface area (Å²) in [5, 5.41) is 10.0. The molecule has 0 atom stereocenters. The molecule has 0 unspecified atom stereocenters. The van der Waals surface area contributed by atoms with E-state index in [1.54, 1.807) is 0 Å². The van der Waals surface area contributed by atoms with E-state index in [4.69, 9.17) is 15.0 Å². The lowest BCUT2D eigenvalue weighted by molar-refractivity contribution is 1.08. The summed E-state index contributed by atoms with van der Waals surface area (Å²) in [6, 6.07) is 63.1. The van der Waals surface area contributed by atoms with Crippen LogP contribution in [0.15, 0.2) is 176 Å². The third-order valence-electron chi connectivity index (χ3n) is 11.2. The SMILES string of the molecule is c1ccc2c(c1)-c1cccc3c1c-2cc1c2ccc(-c4nc(-c5ccc(-c6cccc7ccccc67)cc5)nc(-c5ccc6ccccc6c5)n4)cc2sc31.